The lowest BCUT2D eigenvalue weighted by Gasteiger charge is -2.48. The molecule has 0 aromatic heterocycles. The van der Waals surface area contributed by atoms with E-state index in [2.05, 4.69) is 19.6 Å². The first-order chi connectivity index (χ1) is 11.7. The van der Waals surface area contributed by atoms with Crippen LogP contribution in [0, 0.1) is 0 Å². The van der Waals surface area contributed by atoms with Gasteiger partial charge in [-0.25, -0.2) is 0 Å². The zero-order chi connectivity index (χ0) is 18.7. The monoisotopic (exact) mass is 370 g/mol. The molecule has 0 unspecified atom stereocenters. The van der Waals surface area contributed by atoms with E-state index in [4.69, 9.17) is 9.47 Å². The van der Waals surface area contributed by atoms with Crippen LogP contribution in [-0.2, 0) is 15.9 Å². The Balaban J connectivity index is 2.19. The summed E-state index contributed by atoms with van der Waals surface area (Å²) in [5.74, 6) is 0. The summed E-state index contributed by atoms with van der Waals surface area (Å²) in [5.41, 5.74) is -1.01. The van der Waals surface area contributed by atoms with Crippen molar-refractivity contribution in [1.29, 1.82) is 0 Å². The lowest BCUT2D eigenvalue weighted by molar-refractivity contribution is -0.340. The Kier molecular flexibility index (Phi) is 6.78. The molecule has 1 aliphatic rings. The highest BCUT2D eigenvalue weighted by atomic mass is 28.3. The maximum atomic E-state index is 11.1. The Bertz CT molecular complexity index is 534. The summed E-state index contributed by atoms with van der Waals surface area (Å²) in [5, 5.41) is 41.2. The summed E-state index contributed by atoms with van der Waals surface area (Å²) in [7, 11) is -1.34. The van der Waals surface area contributed by atoms with E-state index in [-0.39, 0.29) is 6.42 Å². The summed E-state index contributed by atoms with van der Waals surface area (Å²) in [6, 6.07) is 10.1. The quantitative estimate of drug-likeness (QED) is 0.529. The molecule has 1 aromatic rings. The second-order valence-electron chi connectivity index (χ2n) is 7.96. The van der Waals surface area contributed by atoms with Gasteiger partial charge in [0.25, 0.3) is 0 Å². The largest absolute Gasteiger partial charge is 0.394 e. The van der Waals surface area contributed by atoms with Gasteiger partial charge in [-0.15, -0.1) is 0 Å². The Hall–Kier alpha value is -0.803. The van der Waals surface area contributed by atoms with Crippen molar-refractivity contribution in [3.8, 4) is 0 Å². The van der Waals surface area contributed by atoms with E-state index in [0.717, 1.165) is 11.6 Å². The van der Waals surface area contributed by atoms with Crippen LogP contribution in [0.2, 0.25) is 25.7 Å². The number of aliphatic hydroxyl groups excluding tert-OH is 3. The Morgan fingerprint density at radius 2 is 1.80 bits per heavy atom. The number of benzene rings is 1. The molecule has 1 saturated heterocycles. The normalized spacial score (nSPS) is 33.4. The van der Waals surface area contributed by atoms with Gasteiger partial charge in [-0.2, -0.15) is 0 Å². The summed E-state index contributed by atoms with van der Waals surface area (Å²) in [6.07, 6.45) is -4.93. The Morgan fingerprint density at radius 3 is 2.36 bits per heavy atom. The highest BCUT2D eigenvalue weighted by Gasteiger charge is 2.55. The fourth-order valence-corrected chi connectivity index (χ4v) is 3.64. The van der Waals surface area contributed by atoms with Gasteiger partial charge >= 0.3 is 0 Å². The van der Waals surface area contributed by atoms with Gasteiger partial charge in [0.1, 0.15) is 23.9 Å². The molecule has 0 bridgehead atoms. The summed E-state index contributed by atoms with van der Waals surface area (Å²) in [4.78, 5) is 0. The molecular weight excluding hydrogens is 340 g/mol. The third-order valence-corrected chi connectivity index (χ3v) is 6.26. The van der Waals surface area contributed by atoms with E-state index in [1.807, 2.05) is 30.3 Å². The van der Waals surface area contributed by atoms with Crippen molar-refractivity contribution < 1.29 is 29.9 Å². The van der Waals surface area contributed by atoms with Crippen LogP contribution in [-0.4, -0.2) is 71.9 Å². The van der Waals surface area contributed by atoms with E-state index in [9.17, 15) is 20.4 Å². The molecule has 142 valence electrons. The topological polar surface area (TPSA) is 99.4 Å². The first kappa shape index (κ1) is 20.5. The van der Waals surface area contributed by atoms with Crippen molar-refractivity contribution in [2.24, 2.45) is 0 Å². The van der Waals surface area contributed by atoms with Gasteiger partial charge < -0.3 is 29.9 Å². The fraction of sp³-hybridized carbons (Fsp3) is 0.667. The maximum Gasteiger partial charge on any atom is 0.189 e. The average molecular weight is 371 g/mol. The van der Waals surface area contributed by atoms with Crippen LogP contribution in [0.4, 0.5) is 0 Å². The molecule has 0 spiro atoms. The van der Waals surface area contributed by atoms with Crippen LogP contribution >= 0.6 is 0 Å². The van der Waals surface area contributed by atoms with Gasteiger partial charge in [0.05, 0.1) is 6.61 Å². The molecule has 1 aliphatic heterocycles. The predicted octanol–water partition coefficient (Wildman–Crippen LogP) is 0.754. The molecule has 2 rings (SSSR count). The van der Waals surface area contributed by atoms with Crippen LogP contribution in [0.1, 0.15) is 5.56 Å². The number of ether oxygens (including phenoxy) is 2. The standard InChI is InChI=1S/C18H30O6Si/c1-25(2,3)10-9-23-17-18(22,11-13-7-5-4-6-8-13)16(21)15(20)14(12-19)24-17/h4-8,14-17,19-22H,9-12H2,1-3H3/t14-,15+,16+,17+,18-/m1/s1. The van der Waals surface area contributed by atoms with Crippen molar-refractivity contribution in [2.75, 3.05) is 13.2 Å². The minimum absolute atomic E-state index is 0.0713. The average Bonchev–Trinajstić information content (AvgIpc) is 2.55. The molecule has 0 saturated carbocycles. The third kappa shape index (κ3) is 5.10. The zero-order valence-corrected chi connectivity index (χ0v) is 16.1. The van der Waals surface area contributed by atoms with E-state index in [0.29, 0.717) is 6.61 Å². The van der Waals surface area contributed by atoms with Crippen molar-refractivity contribution in [3.05, 3.63) is 35.9 Å². The summed E-state index contributed by atoms with van der Waals surface area (Å²) in [6.45, 7) is 6.56. The lowest BCUT2D eigenvalue weighted by atomic mass is 9.82. The minimum Gasteiger partial charge on any atom is -0.394 e. The molecular formula is C18H30O6Si. The molecule has 25 heavy (non-hydrogen) atoms. The second-order valence-corrected chi connectivity index (χ2v) is 13.6. The van der Waals surface area contributed by atoms with Crippen LogP contribution in [0.5, 0.6) is 0 Å². The van der Waals surface area contributed by atoms with Crippen molar-refractivity contribution in [2.45, 2.75) is 62.3 Å². The zero-order valence-electron chi connectivity index (χ0n) is 15.1. The maximum absolute atomic E-state index is 11.1. The van der Waals surface area contributed by atoms with Crippen LogP contribution < -0.4 is 0 Å². The molecule has 7 heteroatoms. The highest BCUT2D eigenvalue weighted by Crippen LogP contribution is 2.34. The minimum atomic E-state index is -1.80. The molecule has 0 amide bonds. The Labute approximate surface area is 150 Å². The molecule has 4 N–H and O–H groups in total. The highest BCUT2D eigenvalue weighted by molar-refractivity contribution is 6.76. The number of rotatable bonds is 7. The smallest absolute Gasteiger partial charge is 0.189 e. The van der Waals surface area contributed by atoms with Gasteiger partial charge in [0.2, 0.25) is 0 Å². The molecule has 0 radical (unpaired) electrons. The first-order valence-corrected chi connectivity index (χ1v) is 12.4. The van der Waals surface area contributed by atoms with Gasteiger partial charge in [-0.1, -0.05) is 50.0 Å². The predicted molar refractivity (Wildman–Crippen MR) is 97.0 cm³/mol. The number of hydrogen-bond acceptors (Lipinski definition) is 6. The SMILES string of the molecule is C[Si](C)(C)CCO[C@H]1O[C@H](CO)[C@H](O)[C@H](O)[C@]1(O)Cc1ccccc1. The van der Waals surface area contributed by atoms with E-state index >= 15 is 0 Å². The number of aliphatic hydroxyl groups is 4. The summed E-state index contributed by atoms with van der Waals surface area (Å²) >= 11 is 0. The fourth-order valence-electron chi connectivity index (χ4n) is 2.91. The van der Waals surface area contributed by atoms with Crippen LogP contribution in [0.25, 0.3) is 0 Å². The molecule has 1 aromatic carbocycles. The third-order valence-electron chi connectivity index (χ3n) is 4.55. The van der Waals surface area contributed by atoms with Gasteiger partial charge in [0, 0.05) is 21.1 Å². The van der Waals surface area contributed by atoms with Crippen molar-refractivity contribution >= 4 is 8.07 Å². The van der Waals surface area contributed by atoms with Gasteiger partial charge in [-0.05, 0) is 11.6 Å². The lowest BCUT2D eigenvalue weighted by Crippen LogP contribution is -2.68. The van der Waals surface area contributed by atoms with E-state index in [1.54, 1.807) is 0 Å². The summed E-state index contributed by atoms with van der Waals surface area (Å²) < 4.78 is 11.4. The van der Waals surface area contributed by atoms with Gasteiger partial charge in [0.15, 0.2) is 6.29 Å². The van der Waals surface area contributed by atoms with Crippen LogP contribution in [0.15, 0.2) is 30.3 Å². The molecule has 6 nitrogen and oxygen atoms in total. The first-order valence-electron chi connectivity index (χ1n) is 8.68. The van der Waals surface area contributed by atoms with Crippen LogP contribution in [0.3, 0.4) is 0 Å². The van der Waals surface area contributed by atoms with E-state index in [1.165, 1.54) is 0 Å². The molecule has 5 atom stereocenters. The van der Waals surface area contributed by atoms with E-state index < -0.39 is 44.9 Å². The molecule has 0 aliphatic carbocycles. The van der Waals surface area contributed by atoms with Gasteiger partial charge in [-0.3, -0.25) is 0 Å². The second kappa shape index (κ2) is 8.26. The molecule has 1 fully saturated rings. The Morgan fingerprint density at radius 1 is 1.16 bits per heavy atom. The van der Waals surface area contributed by atoms with Crippen molar-refractivity contribution in [1.82, 2.24) is 0 Å². The number of hydrogen-bond donors (Lipinski definition) is 4. The van der Waals surface area contributed by atoms with Crippen molar-refractivity contribution in [3.63, 3.8) is 0 Å². The molecule has 1 heterocycles.